The third-order valence-electron chi connectivity index (χ3n) is 4.86. The summed E-state index contributed by atoms with van der Waals surface area (Å²) in [4.78, 5) is 35.6. The topological polar surface area (TPSA) is 121 Å². The smallest absolute Gasteiger partial charge is 0.294 e. The highest BCUT2D eigenvalue weighted by atomic mass is 35.5. The number of fused-ring (bicyclic) bond motifs is 1. The minimum atomic E-state index is -0.789. The number of hydrogen-bond donors (Lipinski definition) is 3. The first-order valence-electron chi connectivity index (χ1n) is 9.88. The van der Waals surface area contributed by atoms with Crippen molar-refractivity contribution in [1.29, 1.82) is 0 Å². The molecule has 1 unspecified atom stereocenters. The fourth-order valence-electron chi connectivity index (χ4n) is 3.14. The number of aliphatic hydroxyl groups is 1. The van der Waals surface area contributed by atoms with Gasteiger partial charge in [-0.3, -0.25) is 19.5 Å². The fourth-order valence-corrected chi connectivity index (χ4v) is 3.25. The van der Waals surface area contributed by atoms with Crippen molar-refractivity contribution < 1.29 is 19.1 Å². The van der Waals surface area contributed by atoms with Crippen LogP contribution in [0.3, 0.4) is 0 Å². The molecule has 0 bridgehead atoms. The van der Waals surface area contributed by atoms with Crippen molar-refractivity contribution in [1.82, 2.24) is 14.9 Å². The second-order valence-electron chi connectivity index (χ2n) is 7.41. The molecule has 0 fully saturated rings. The van der Waals surface area contributed by atoms with Crippen LogP contribution < -0.4 is 10.6 Å². The highest BCUT2D eigenvalue weighted by Gasteiger charge is 2.23. The molecule has 4 rings (SSSR count). The van der Waals surface area contributed by atoms with Crippen molar-refractivity contribution >= 4 is 45.9 Å². The van der Waals surface area contributed by atoms with E-state index in [0.717, 1.165) is 0 Å². The number of carbonyl (C=O) groups excluding carboxylic acids is 2. The summed E-state index contributed by atoms with van der Waals surface area (Å²) in [7, 11) is 3.49. The Labute approximate surface area is 194 Å². The van der Waals surface area contributed by atoms with Gasteiger partial charge in [-0.2, -0.15) is 0 Å². The number of hydrogen-bond acceptors (Lipinski definition) is 7. The molecule has 4 aromatic rings. The molecular formula is C23H20ClN5O4. The molecule has 3 aromatic heterocycles. The summed E-state index contributed by atoms with van der Waals surface area (Å²) in [5.41, 5.74) is 1.56. The van der Waals surface area contributed by atoms with Gasteiger partial charge in [-0.1, -0.05) is 23.7 Å². The Morgan fingerprint density at radius 2 is 1.79 bits per heavy atom. The van der Waals surface area contributed by atoms with E-state index in [1.54, 1.807) is 61.5 Å². The Hall–Kier alpha value is -3.79. The van der Waals surface area contributed by atoms with E-state index in [4.69, 9.17) is 16.0 Å². The number of halogens is 1. The summed E-state index contributed by atoms with van der Waals surface area (Å²) in [5, 5.41) is 16.4. The summed E-state index contributed by atoms with van der Waals surface area (Å²) in [5.74, 6) is -0.870. The number of nitrogens with zero attached hydrogens (tertiary/aromatic N) is 3. The van der Waals surface area contributed by atoms with Crippen molar-refractivity contribution in [3.05, 3.63) is 83.0 Å². The highest BCUT2D eigenvalue weighted by molar-refractivity contribution is 6.30. The van der Waals surface area contributed by atoms with E-state index in [0.29, 0.717) is 27.1 Å². The van der Waals surface area contributed by atoms with Crippen LogP contribution in [0.15, 0.2) is 65.5 Å². The number of rotatable bonds is 6. The SMILES string of the molecule is CN(C)C(O)c1ccc(C(=O)Nc2c(C(=O)Nc3ccc(Cl)cn3)oc3ccncc23)cc1. The number of aliphatic hydroxyl groups excluding tert-OH is 1. The van der Waals surface area contributed by atoms with Crippen LogP contribution in [0.1, 0.15) is 32.7 Å². The molecule has 168 valence electrons. The summed E-state index contributed by atoms with van der Waals surface area (Å²) in [6, 6.07) is 11.2. The average Bonchev–Trinajstić information content (AvgIpc) is 3.18. The molecule has 1 atom stereocenters. The Morgan fingerprint density at radius 3 is 2.45 bits per heavy atom. The first-order chi connectivity index (χ1) is 15.8. The van der Waals surface area contributed by atoms with Gasteiger partial charge in [0, 0.05) is 24.2 Å². The largest absolute Gasteiger partial charge is 0.448 e. The lowest BCUT2D eigenvalue weighted by atomic mass is 10.1. The normalized spacial score (nSPS) is 12.0. The second kappa shape index (κ2) is 9.37. The summed E-state index contributed by atoms with van der Waals surface area (Å²) in [6.45, 7) is 0. The molecule has 0 aliphatic carbocycles. The predicted octanol–water partition coefficient (Wildman–Crippen LogP) is 3.93. The number of anilines is 2. The zero-order valence-electron chi connectivity index (χ0n) is 17.7. The number of furan rings is 1. The third kappa shape index (κ3) is 4.85. The van der Waals surface area contributed by atoms with Crippen molar-refractivity contribution in [2.24, 2.45) is 0 Å². The van der Waals surface area contributed by atoms with Crippen LogP contribution in [0.2, 0.25) is 5.02 Å². The van der Waals surface area contributed by atoms with Crippen LogP contribution in [0.5, 0.6) is 0 Å². The number of nitrogens with one attached hydrogen (secondary N) is 2. The van der Waals surface area contributed by atoms with Crippen LogP contribution in [0, 0.1) is 0 Å². The molecular weight excluding hydrogens is 446 g/mol. The van der Waals surface area contributed by atoms with E-state index < -0.39 is 18.0 Å². The van der Waals surface area contributed by atoms with E-state index in [-0.39, 0.29) is 17.3 Å². The molecule has 9 nitrogen and oxygen atoms in total. The predicted molar refractivity (Wildman–Crippen MR) is 124 cm³/mol. The minimum absolute atomic E-state index is 0.0947. The van der Waals surface area contributed by atoms with Gasteiger partial charge in [0.1, 0.15) is 23.3 Å². The lowest BCUT2D eigenvalue weighted by molar-refractivity contribution is 0.0395. The lowest BCUT2D eigenvalue weighted by Gasteiger charge is -2.18. The van der Waals surface area contributed by atoms with Gasteiger partial charge >= 0.3 is 0 Å². The molecule has 0 saturated heterocycles. The Bertz CT molecular complexity index is 1300. The fraction of sp³-hybridized carbons (Fsp3) is 0.130. The molecule has 2 amide bonds. The van der Waals surface area contributed by atoms with Crippen LogP contribution in [0.25, 0.3) is 11.0 Å². The molecule has 0 aliphatic rings. The van der Waals surface area contributed by atoms with Crippen molar-refractivity contribution in [3.8, 4) is 0 Å². The zero-order valence-corrected chi connectivity index (χ0v) is 18.5. The zero-order chi connectivity index (χ0) is 23.5. The van der Waals surface area contributed by atoms with Crippen molar-refractivity contribution in [2.45, 2.75) is 6.23 Å². The van der Waals surface area contributed by atoms with E-state index in [2.05, 4.69) is 20.6 Å². The van der Waals surface area contributed by atoms with E-state index in [1.165, 1.54) is 18.6 Å². The second-order valence-corrected chi connectivity index (χ2v) is 7.84. The quantitative estimate of drug-likeness (QED) is 0.369. The lowest BCUT2D eigenvalue weighted by Crippen LogP contribution is -2.20. The summed E-state index contributed by atoms with van der Waals surface area (Å²) < 4.78 is 5.71. The molecule has 0 radical (unpaired) electrons. The maximum Gasteiger partial charge on any atom is 0.294 e. The molecule has 0 saturated carbocycles. The molecule has 33 heavy (non-hydrogen) atoms. The van der Waals surface area contributed by atoms with E-state index in [9.17, 15) is 14.7 Å². The maximum absolute atomic E-state index is 12.9. The Morgan fingerprint density at radius 1 is 1.03 bits per heavy atom. The van der Waals surface area contributed by atoms with Crippen LogP contribution >= 0.6 is 11.6 Å². The Kier molecular flexibility index (Phi) is 6.36. The molecule has 1 aromatic carbocycles. The molecule has 10 heteroatoms. The first kappa shape index (κ1) is 22.4. The molecule has 0 spiro atoms. The number of amides is 2. The third-order valence-corrected chi connectivity index (χ3v) is 5.09. The number of benzene rings is 1. The van der Waals surface area contributed by atoms with Gasteiger partial charge < -0.3 is 20.2 Å². The summed E-state index contributed by atoms with van der Waals surface area (Å²) >= 11 is 5.84. The number of aromatic nitrogens is 2. The van der Waals surface area contributed by atoms with Crippen molar-refractivity contribution in [2.75, 3.05) is 24.7 Å². The highest BCUT2D eigenvalue weighted by Crippen LogP contribution is 2.31. The summed E-state index contributed by atoms with van der Waals surface area (Å²) in [6.07, 6.45) is 3.64. The van der Waals surface area contributed by atoms with Gasteiger partial charge in [0.05, 0.1) is 10.4 Å². The first-order valence-corrected chi connectivity index (χ1v) is 10.3. The monoisotopic (exact) mass is 465 g/mol. The standard InChI is InChI=1S/C23H20ClN5O4/c1-29(2)23(32)14-5-3-13(4-6-14)21(30)28-19-16-12-25-10-9-17(16)33-20(19)22(31)27-18-8-7-15(24)11-26-18/h3-12,23,32H,1-2H3,(H,28,30)(H,26,27,31). The van der Waals surface area contributed by atoms with Gasteiger partial charge in [0.25, 0.3) is 11.8 Å². The molecule has 0 aliphatic heterocycles. The average molecular weight is 466 g/mol. The van der Waals surface area contributed by atoms with Gasteiger partial charge in [0.2, 0.25) is 5.76 Å². The Balaban J connectivity index is 1.62. The number of carbonyl (C=O) groups is 2. The van der Waals surface area contributed by atoms with Gasteiger partial charge in [-0.15, -0.1) is 0 Å². The molecule has 3 heterocycles. The van der Waals surface area contributed by atoms with Crippen LogP contribution in [-0.2, 0) is 0 Å². The molecule has 3 N–H and O–H groups in total. The number of pyridine rings is 2. The van der Waals surface area contributed by atoms with E-state index in [1.807, 2.05) is 0 Å². The van der Waals surface area contributed by atoms with Gasteiger partial charge in [-0.25, -0.2) is 4.98 Å². The van der Waals surface area contributed by atoms with Gasteiger partial charge in [0.15, 0.2) is 0 Å². The van der Waals surface area contributed by atoms with Crippen molar-refractivity contribution in [3.63, 3.8) is 0 Å². The minimum Gasteiger partial charge on any atom is -0.448 e. The van der Waals surface area contributed by atoms with Crippen LogP contribution in [-0.4, -0.2) is 45.9 Å². The van der Waals surface area contributed by atoms with E-state index >= 15 is 0 Å². The van der Waals surface area contributed by atoms with Crippen LogP contribution in [0.4, 0.5) is 11.5 Å². The van der Waals surface area contributed by atoms with Gasteiger partial charge in [-0.05, 0) is 50.0 Å². The maximum atomic E-state index is 12.9.